The molecule has 4 nitrogen and oxygen atoms in total. The highest BCUT2D eigenvalue weighted by molar-refractivity contribution is 6.38. The SMILES string of the molecule is c1ccc(N(c2ccccc2)c2cccc3c4c5ccccc5cc5c6c7c8cccc9c%10ccccc%10n(c7cnc6n(c23)c54)c98)cc1. The minimum absolute atomic E-state index is 0.990. The molecule has 5 heterocycles. The van der Waals surface area contributed by atoms with Gasteiger partial charge in [0, 0.05) is 54.5 Å². The van der Waals surface area contributed by atoms with Gasteiger partial charge < -0.3 is 9.30 Å². The molecule has 0 radical (unpaired) electrons. The van der Waals surface area contributed by atoms with E-state index in [4.69, 9.17) is 4.98 Å². The van der Waals surface area contributed by atoms with Crippen LogP contribution in [0.3, 0.4) is 0 Å². The number of fused-ring (bicyclic) bond motifs is 15. The minimum Gasteiger partial charge on any atom is -0.308 e. The van der Waals surface area contributed by atoms with E-state index in [0.29, 0.717) is 0 Å². The van der Waals surface area contributed by atoms with Crippen LogP contribution in [-0.4, -0.2) is 13.8 Å². The van der Waals surface area contributed by atoms with Gasteiger partial charge in [0.1, 0.15) is 5.65 Å². The van der Waals surface area contributed by atoms with Crippen molar-refractivity contribution in [3.63, 3.8) is 0 Å². The van der Waals surface area contributed by atoms with Gasteiger partial charge in [0.2, 0.25) is 0 Å². The molecule has 12 rings (SSSR count). The minimum atomic E-state index is 0.990. The fraction of sp³-hybridized carbons (Fsp3) is 0. The zero-order valence-electron chi connectivity index (χ0n) is 26.3. The van der Waals surface area contributed by atoms with Crippen molar-refractivity contribution in [2.24, 2.45) is 0 Å². The second-order valence-corrected chi connectivity index (χ2v) is 13.2. The van der Waals surface area contributed by atoms with E-state index in [0.717, 1.165) is 33.7 Å². The normalized spacial score (nSPS) is 12.5. The molecule has 5 aromatic heterocycles. The van der Waals surface area contributed by atoms with E-state index >= 15 is 0 Å². The lowest BCUT2D eigenvalue weighted by atomic mass is 9.98. The Bertz CT molecular complexity index is 3220. The molecule has 12 aromatic rings. The summed E-state index contributed by atoms with van der Waals surface area (Å²) >= 11 is 0. The Labute approximate surface area is 279 Å². The standard InChI is InChI=1S/C45H26N4/c1-3-14-28(15-4-1)47(29-16-5-2-6-17-29)37-24-12-22-33-39-30-18-8-7-13-27(30)25-35-41-40-34-21-11-20-32-31-19-9-10-23-36(31)48(42(32)34)38(40)26-46-45(41)49(43(33)37)44(35)39/h1-26H. The number of hydrogen-bond acceptors (Lipinski definition) is 2. The van der Waals surface area contributed by atoms with Crippen LogP contribution in [0, 0.1) is 0 Å². The van der Waals surface area contributed by atoms with Crippen LogP contribution < -0.4 is 4.90 Å². The van der Waals surface area contributed by atoms with Crippen LogP contribution in [0.5, 0.6) is 0 Å². The number of pyridine rings is 1. The predicted molar refractivity (Wildman–Crippen MR) is 206 cm³/mol. The summed E-state index contributed by atoms with van der Waals surface area (Å²) in [5.41, 5.74) is 10.4. The molecule has 0 saturated heterocycles. The first-order valence-electron chi connectivity index (χ1n) is 16.8. The molecule has 0 saturated carbocycles. The zero-order valence-corrected chi connectivity index (χ0v) is 26.3. The van der Waals surface area contributed by atoms with Crippen LogP contribution in [0.1, 0.15) is 0 Å². The topological polar surface area (TPSA) is 24.9 Å². The second-order valence-electron chi connectivity index (χ2n) is 13.2. The second kappa shape index (κ2) is 9.03. The molecule has 4 heteroatoms. The molecule has 0 aliphatic carbocycles. The Kier molecular flexibility index (Phi) is 4.69. The maximum Gasteiger partial charge on any atom is 0.146 e. The van der Waals surface area contributed by atoms with Crippen LogP contribution in [0.25, 0.3) is 87.1 Å². The lowest BCUT2D eigenvalue weighted by molar-refractivity contribution is 1.24. The lowest BCUT2D eigenvalue weighted by Gasteiger charge is -2.26. The van der Waals surface area contributed by atoms with E-state index in [9.17, 15) is 0 Å². The molecule has 7 aromatic carbocycles. The highest BCUT2D eigenvalue weighted by atomic mass is 15.2. The first-order chi connectivity index (χ1) is 24.4. The third-order valence-electron chi connectivity index (χ3n) is 10.7. The van der Waals surface area contributed by atoms with Gasteiger partial charge in [0.05, 0.1) is 39.5 Å². The van der Waals surface area contributed by atoms with Crippen molar-refractivity contribution < 1.29 is 0 Å². The quantitative estimate of drug-likeness (QED) is 0.196. The van der Waals surface area contributed by atoms with Crippen LogP contribution in [0.2, 0.25) is 0 Å². The van der Waals surface area contributed by atoms with Crippen LogP contribution >= 0.6 is 0 Å². The van der Waals surface area contributed by atoms with Crippen LogP contribution in [0.15, 0.2) is 158 Å². The first-order valence-corrected chi connectivity index (χ1v) is 16.8. The van der Waals surface area contributed by atoms with E-state index in [1.807, 2.05) is 0 Å². The number of aromatic nitrogens is 3. The van der Waals surface area contributed by atoms with Gasteiger partial charge in [-0.05, 0) is 53.2 Å². The summed E-state index contributed by atoms with van der Waals surface area (Å²) in [4.78, 5) is 7.80. The summed E-state index contributed by atoms with van der Waals surface area (Å²) in [6.45, 7) is 0. The molecule has 0 amide bonds. The smallest absolute Gasteiger partial charge is 0.146 e. The lowest BCUT2D eigenvalue weighted by Crippen LogP contribution is -2.10. The third kappa shape index (κ3) is 3.07. The molecule has 0 aliphatic heterocycles. The van der Waals surface area contributed by atoms with E-state index in [1.165, 1.54) is 70.4 Å². The molecular weight excluding hydrogens is 597 g/mol. The number of rotatable bonds is 3. The summed E-state index contributed by atoms with van der Waals surface area (Å²) in [5, 5.41) is 12.6. The summed E-state index contributed by atoms with van der Waals surface area (Å²) in [7, 11) is 0. The molecule has 226 valence electrons. The largest absolute Gasteiger partial charge is 0.308 e. The van der Waals surface area contributed by atoms with E-state index in [2.05, 4.69) is 172 Å². The molecule has 0 atom stereocenters. The van der Waals surface area contributed by atoms with E-state index in [1.54, 1.807) is 0 Å². The maximum atomic E-state index is 5.41. The van der Waals surface area contributed by atoms with Gasteiger partial charge in [-0.25, -0.2) is 4.98 Å². The monoisotopic (exact) mass is 622 g/mol. The fourth-order valence-corrected chi connectivity index (χ4v) is 8.91. The van der Waals surface area contributed by atoms with E-state index < -0.39 is 0 Å². The Morgan fingerprint density at radius 2 is 1.04 bits per heavy atom. The highest BCUT2D eigenvalue weighted by Crippen LogP contribution is 2.50. The number of nitrogens with zero attached hydrogens (tertiary/aromatic N) is 4. The van der Waals surface area contributed by atoms with Crippen molar-refractivity contribution in [2.45, 2.75) is 0 Å². The predicted octanol–water partition coefficient (Wildman–Crippen LogP) is 12.0. The van der Waals surface area contributed by atoms with Gasteiger partial charge in [-0.1, -0.05) is 109 Å². The van der Waals surface area contributed by atoms with Gasteiger partial charge >= 0.3 is 0 Å². The molecule has 49 heavy (non-hydrogen) atoms. The Balaban J connectivity index is 1.34. The number of para-hydroxylation sites is 5. The van der Waals surface area contributed by atoms with Crippen molar-refractivity contribution >= 4 is 104 Å². The van der Waals surface area contributed by atoms with Crippen molar-refractivity contribution in [3.05, 3.63) is 158 Å². The summed E-state index contributed by atoms with van der Waals surface area (Å²) in [6, 6.07) is 54.9. The van der Waals surface area contributed by atoms with Gasteiger partial charge in [-0.3, -0.25) is 4.40 Å². The molecule has 0 fully saturated rings. The fourth-order valence-electron chi connectivity index (χ4n) is 8.91. The van der Waals surface area contributed by atoms with E-state index in [-0.39, 0.29) is 0 Å². The summed E-state index contributed by atoms with van der Waals surface area (Å²) < 4.78 is 4.90. The van der Waals surface area contributed by atoms with Crippen molar-refractivity contribution in [1.29, 1.82) is 0 Å². The van der Waals surface area contributed by atoms with Gasteiger partial charge in [0.15, 0.2) is 0 Å². The van der Waals surface area contributed by atoms with Gasteiger partial charge in [0.25, 0.3) is 0 Å². The Hall–Kier alpha value is -6.65. The molecule has 0 aliphatic rings. The maximum absolute atomic E-state index is 5.41. The Morgan fingerprint density at radius 1 is 0.408 bits per heavy atom. The van der Waals surface area contributed by atoms with Crippen LogP contribution in [0.4, 0.5) is 17.1 Å². The number of anilines is 3. The van der Waals surface area contributed by atoms with Gasteiger partial charge in [-0.15, -0.1) is 0 Å². The average Bonchev–Trinajstić information content (AvgIpc) is 3.89. The molecular formula is C45H26N4. The zero-order chi connectivity index (χ0) is 31.8. The average molecular weight is 623 g/mol. The first kappa shape index (κ1) is 25.4. The van der Waals surface area contributed by atoms with Crippen molar-refractivity contribution in [3.8, 4) is 0 Å². The van der Waals surface area contributed by atoms with Crippen molar-refractivity contribution in [2.75, 3.05) is 4.90 Å². The third-order valence-corrected chi connectivity index (χ3v) is 10.7. The Morgan fingerprint density at radius 3 is 1.84 bits per heavy atom. The van der Waals surface area contributed by atoms with Crippen LogP contribution in [-0.2, 0) is 0 Å². The number of hydrogen-bond donors (Lipinski definition) is 0. The molecule has 0 bridgehead atoms. The molecule has 0 unspecified atom stereocenters. The molecule has 0 spiro atoms. The number of benzene rings is 7. The highest BCUT2D eigenvalue weighted by Gasteiger charge is 2.28. The molecule has 0 N–H and O–H groups in total. The van der Waals surface area contributed by atoms with Gasteiger partial charge in [-0.2, -0.15) is 0 Å². The summed E-state index contributed by atoms with van der Waals surface area (Å²) in [6.07, 6.45) is 2.11. The van der Waals surface area contributed by atoms with Crippen molar-refractivity contribution in [1.82, 2.24) is 13.8 Å². The summed E-state index contributed by atoms with van der Waals surface area (Å²) in [5.74, 6) is 0.